The van der Waals surface area contributed by atoms with Gasteiger partial charge in [-0.2, -0.15) is 11.8 Å². The van der Waals surface area contributed by atoms with E-state index in [4.69, 9.17) is 10.9 Å². The van der Waals surface area contributed by atoms with Crippen molar-refractivity contribution < 1.29 is 5.21 Å². The van der Waals surface area contributed by atoms with Gasteiger partial charge in [-0.1, -0.05) is 5.16 Å². The van der Waals surface area contributed by atoms with E-state index in [9.17, 15) is 0 Å². The number of oxime groups is 1. The molecule has 5 heteroatoms. The van der Waals surface area contributed by atoms with Crippen LogP contribution in [0.2, 0.25) is 0 Å². The lowest BCUT2D eigenvalue weighted by molar-refractivity contribution is 0.313. The molecule has 17 heavy (non-hydrogen) atoms. The molecule has 0 aromatic heterocycles. The number of hydrogen-bond donors (Lipinski definition) is 3. The van der Waals surface area contributed by atoms with Crippen LogP contribution in [-0.4, -0.2) is 35.6 Å². The summed E-state index contributed by atoms with van der Waals surface area (Å²) in [5.74, 6) is 3.87. The maximum Gasteiger partial charge on any atom is 0.139 e. The molecule has 0 aromatic carbocycles. The second kappa shape index (κ2) is 5.96. The van der Waals surface area contributed by atoms with E-state index in [0.717, 1.165) is 25.4 Å². The van der Waals surface area contributed by atoms with Gasteiger partial charge in [-0.15, -0.1) is 0 Å². The molecule has 0 atom stereocenters. The topological polar surface area (TPSA) is 70.6 Å². The molecule has 0 aromatic rings. The maximum absolute atomic E-state index is 8.60. The van der Waals surface area contributed by atoms with Crippen LogP contribution in [0.25, 0.3) is 0 Å². The van der Waals surface area contributed by atoms with Crippen molar-refractivity contribution in [2.24, 2.45) is 22.2 Å². The summed E-state index contributed by atoms with van der Waals surface area (Å²) in [5.41, 5.74) is 5.87. The summed E-state index contributed by atoms with van der Waals surface area (Å²) in [7, 11) is 0. The van der Waals surface area contributed by atoms with Crippen LogP contribution in [0.5, 0.6) is 0 Å². The largest absolute Gasteiger partial charge is 0.409 e. The van der Waals surface area contributed by atoms with Crippen molar-refractivity contribution >= 4 is 17.6 Å². The Balaban J connectivity index is 1.64. The van der Waals surface area contributed by atoms with Gasteiger partial charge in [-0.25, -0.2) is 0 Å². The second-order valence-corrected chi connectivity index (χ2v) is 6.68. The van der Waals surface area contributed by atoms with E-state index in [0.29, 0.717) is 11.3 Å². The van der Waals surface area contributed by atoms with Crippen LogP contribution in [0.4, 0.5) is 0 Å². The highest BCUT2D eigenvalue weighted by atomic mass is 32.2. The molecule has 4 nitrogen and oxygen atoms in total. The highest BCUT2D eigenvalue weighted by Crippen LogP contribution is 2.48. The minimum absolute atomic E-state index is 0.291. The number of nitrogens with two attached hydrogens (primary N) is 1. The lowest BCUT2D eigenvalue weighted by Gasteiger charge is -2.23. The van der Waals surface area contributed by atoms with Crippen molar-refractivity contribution in [3.63, 3.8) is 0 Å². The molecule has 1 saturated carbocycles. The number of nitrogens with zero attached hydrogens (tertiary/aromatic N) is 1. The Morgan fingerprint density at radius 3 is 2.71 bits per heavy atom. The zero-order valence-corrected chi connectivity index (χ0v) is 11.1. The Bertz CT molecular complexity index is 273. The lowest BCUT2D eigenvalue weighted by atomic mass is 10.00. The summed E-state index contributed by atoms with van der Waals surface area (Å²) >= 11 is 2.07. The first kappa shape index (κ1) is 13.0. The van der Waals surface area contributed by atoms with Gasteiger partial charge < -0.3 is 16.3 Å². The van der Waals surface area contributed by atoms with Gasteiger partial charge in [0.15, 0.2) is 0 Å². The van der Waals surface area contributed by atoms with Crippen molar-refractivity contribution in [2.75, 3.05) is 24.6 Å². The smallest absolute Gasteiger partial charge is 0.139 e. The normalized spacial score (nSPS) is 24.8. The average Bonchev–Trinajstić information content (AvgIpc) is 3.10. The zero-order valence-electron chi connectivity index (χ0n) is 10.3. The van der Waals surface area contributed by atoms with E-state index in [1.807, 2.05) is 0 Å². The van der Waals surface area contributed by atoms with Crippen LogP contribution >= 0.6 is 11.8 Å². The fraction of sp³-hybridized carbons (Fsp3) is 0.917. The van der Waals surface area contributed by atoms with Gasteiger partial charge in [0.2, 0.25) is 0 Å². The van der Waals surface area contributed by atoms with E-state index in [-0.39, 0.29) is 0 Å². The number of thioether (sulfide) groups is 1. The maximum atomic E-state index is 8.60. The van der Waals surface area contributed by atoms with Crippen LogP contribution in [0.15, 0.2) is 5.16 Å². The predicted molar refractivity (Wildman–Crippen MR) is 72.6 cm³/mol. The van der Waals surface area contributed by atoms with Crippen LogP contribution < -0.4 is 11.1 Å². The van der Waals surface area contributed by atoms with Crippen molar-refractivity contribution in [3.05, 3.63) is 0 Å². The van der Waals surface area contributed by atoms with Gasteiger partial charge in [0, 0.05) is 13.0 Å². The van der Waals surface area contributed by atoms with Crippen LogP contribution in [0.3, 0.4) is 0 Å². The highest BCUT2D eigenvalue weighted by Gasteiger charge is 2.42. The molecule has 2 rings (SSSR count). The Kier molecular flexibility index (Phi) is 4.56. The molecule has 2 aliphatic rings. The van der Waals surface area contributed by atoms with E-state index >= 15 is 0 Å². The summed E-state index contributed by atoms with van der Waals surface area (Å²) in [5, 5.41) is 15.3. The third-order valence-corrected chi connectivity index (χ3v) is 4.96. The molecule has 1 heterocycles. The van der Waals surface area contributed by atoms with Crippen LogP contribution in [0.1, 0.15) is 32.1 Å². The molecule has 0 bridgehead atoms. The van der Waals surface area contributed by atoms with E-state index in [2.05, 4.69) is 22.2 Å². The summed E-state index contributed by atoms with van der Waals surface area (Å²) in [6.45, 7) is 2.16. The predicted octanol–water partition coefficient (Wildman–Crippen LogP) is 1.64. The molecule has 1 saturated heterocycles. The fourth-order valence-corrected chi connectivity index (χ4v) is 3.71. The minimum Gasteiger partial charge on any atom is -0.409 e. The molecule has 0 amide bonds. The van der Waals surface area contributed by atoms with Crippen molar-refractivity contribution in [2.45, 2.75) is 32.1 Å². The molecular weight excluding hydrogens is 234 g/mol. The van der Waals surface area contributed by atoms with Gasteiger partial charge in [-0.05, 0) is 55.1 Å². The van der Waals surface area contributed by atoms with E-state index in [1.54, 1.807) is 0 Å². The molecule has 1 aliphatic heterocycles. The third kappa shape index (κ3) is 4.07. The third-order valence-electron chi connectivity index (χ3n) is 3.92. The first-order chi connectivity index (χ1) is 8.24. The number of rotatable bonds is 6. The SMILES string of the molecule is NC(CC1(CNCC2CCSCC2)CC1)=NO. The van der Waals surface area contributed by atoms with Crippen molar-refractivity contribution in [1.29, 1.82) is 0 Å². The first-order valence-electron chi connectivity index (χ1n) is 6.49. The van der Waals surface area contributed by atoms with Gasteiger partial charge >= 0.3 is 0 Å². The Morgan fingerprint density at radius 1 is 1.41 bits per heavy atom. The molecular formula is C12H23N3OS. The minimum atomic E-state index is 0.291. The highest BCUT2D eigenvalue weighted by molar-refractivity contribution is 7.99. The number of nitrogens with one attached hydrogen (secondary N) is 1. The van der Waals surface area contributed by atoms with E-state index in [1.165, 1.54) is 37.2 Å². The molecule has 0 radical (unpaired) electrons. The fourth-order valence-electron chi connectivity index (χ4n) is 2.50. The Hall–Kier alpha value is -0.420. The lowest BCUT2D eigenvalue weighted by Crippen LogP contribution is -2.32. The summed E-state index contributed by atoms with van der Waals surface area (Å²) in [6.07, 6.45) is 5.85. The van der Waals surface area contributed by atoms with Crippen LogP contribution in [0, 0.1) is 11.3 Å². The van der Waals surface area contributed by atoms with Crippen LogP contribution in [-0.2, 0) is 0 Å². The van der Waals surface area contributed by atoms with Crippen molar-refractivity contribution in [3.8, 4) is 0 Å². The van der Waals surface area contributed by atoms with Gasteiger partial charge in [-0.3, -0.25) is 0 Å². The average molecular weight is 257 g/mol. The van der Waals surface area contributed by atoms with Gasteiger partial charge in [0.25, 0.3) is 0 Å². The molecule has 98 valence electrons. The van der Waals surface area contributed by atoms with Gasteiger partial charge in [0.1, 0.15) is 5.84 Å². The summed E-state index contributed by atoms with van der Waals surface area (Å²) in [6, 6.07) is 0. The van der Waals surface area contributed by atoms with Gasteiger partial charge in [0.05, 0.1) is 0 Å². The van der Waals surface area contributed by atoms with Crippen molar-refractivity contribution in [1.82, 2.24) is 5.32 Å². The molecule has 4 N–H and O–H groups in total. The number of amidine groups is 1. The number of hydrogen-bond acceptors (Lipinski definition) is 4. The standard InChI is InChI=1S/C12H23N3OS/c13-11(15-16)7-12(3-4-12)9-14-8-10-1-5-17-6-2-10/h10,14,16H,1-9H2,(H2,13,15). The molecule has 2 fully saturated rings. The summed E-state index contributed by atoms with van der Waals surface area (Å²) < 4.78 is 0. The molecule has 1 aliphatic carbocycles. The zero-order chi connectivity index (χ0) is 12.1. The Morgan fingerprint density at radius 2 is 2.12 bits per heavy atom. The molecule has 0 spiro atoms. The quantitative estimate of drug-likeness (QED) is 0.293. The second-order valence-electron chi connectivity index (χ2n) is 5.45. The monoisotopic (exact) mass is 257 g/mol. The summed E-state index contributed by atoms with van der Waals surface area (Å²) in [4.78, 5) is 0. The molecule has 0 unspecified atom stereocenters. The van der Waals surface area contributed by atoms with E-state index < -0.39 is 0 Å². The first-order valence-corrected chi connectivity index (χ1v) is 7.64. The Labute approximate surface area is 107 Å².